The molecule has 3 unspecified atom stereocenters. The summed E-state index contributed by atoms with van der Waals surface area (Å²) in [6.45, 7) is 2.18. The number of nitriles is 1. The first kappa shape index (κ1) is 13.0. The van der Waals surface area contributed by atoms with Gasteiger partial charge in [0.1, 0.15) is 0 Å². The molecule has 1 aliphatic carbocycles. The molecule has 0 aromatic rings. The highest BCUT2D eigenvalue weighted by molar-refractivity contribution is 6.01. The van der Waals surface area contributed by atoms with Gasteiger partial charge >= 0.3 is 0 Å². The fraction of sp³-hybridized carbons (Fsp3) is 0.769. The molecule has 0 bridgehead atoms. The first-order valence-corrected chi connectivity index (χ1v) is 6.66. The van der Waals surface area contributed by atoms with E-state index in [4.69, 9.17) is 0 Å². The summed E-state index contributed by atoms with van der Waals surface area (Å²) in [6.07, 6.45) is 4.61. The predicted molar refractivity (Wildman–Crippen MR) is 65.3 cm³/mol. The molecule has 2 aliphatic rings. The second-order valence-electron chi connectivity index (χ2n) is 5.10. The van der Waals surface area contributed by atoms with Crippen LogP contribution in [0.1, 0.15) is 39.0 Å². The van der Waals surface area contributed by atoms with Crippen LogP contribution >= 0.6 is 0 Å². The van der Waals surface area contributed by atoms with Crippen LogP contribution in [0.25, 0.3) is 0 Å². The molecule has 1 N–H and O–H groups in total. The summed E-state index contributed by atoms with van der Waals surface area (Å²) in [6, 6.07) is 2.14. The predicted octanol–water partition coefficient (Wildman–Crippen LogP) is 0.806. The van der Waals surface area contributed by atoms with Gasteiger partial charge in [0.25, 0.3) is 0 Å². The lowest BCUT2D eigenvalue weighted by molar-refractivity contribution is -0.142. The van der Waals surface area contributed by atoms with Crippen molar-refractivity contribution in [3.05, 3.63) is 0 Å². The molecule has 2 fully saturated rings. The van der Waals surface area contributed by atoms with Crippen molar-refractivity contribution < 1.29 is 9.59 Å². The number of nitrogens with zero attached hydrogens (tertiary/aromatic N) is 2. The lowest BCUT2D eigenvalue weighted by Gasteiger charge is -2.42. The Morgan fingerprint density at radius 2 is 2.11 bits per heavy atom. The Morgan fingerprint density at radius 1 is 1.39 bits per heavy atom. The highest BCUT2D eigenvalue weighted by Crippen LogP contribution is 2.30. The van der Waals surface area contributed by atoms with Crippen molar-refractivity contribution in [3.8, 4) is 6.07 Å². The zero-order valence-corrected chi connectivity index (χ0v) is 10.7. The quantitative estimate of drug-likeness (QED) is 0.735. The Balaban J connectivity index is 2.19. The third-order valence-electron chi connectivity index (χ3n) is 4.00. The van der Waals surface area contributed by atoms with E-state index in [9.17, 15) is 14.9 Å². The van der Waals surface area contributed by atoms with Crippen molar-refractivity contribution in [2.24, 2.45) is 5.92 Å². The zero-order chi connectivity index (χ0) is 13.1. The molecule has 98 valence electrons. The van der Waals surface area contributed by atoms with E-state index in [1.165, 1.54) is 0 Å². The third kappa shape index (κ3) is 2.39. The molecule has 1 saturated carbocycles. The lowest BCUT2D eigenvalue weighted by atomic mass is 9.83. The highest BCUT2D eigenvalue weighted by atomic mass is 16.2. The molecule has 0 aromatic heterocycles. The minimum Gasteiger partial charge on any atom is -0.294 e. The van der Waals surface area contributed by atoms with Crippen molar-refractivity contribution in [3.63, 3.8) is 0 Å². The number of nitrogens with one attached hydrogen (secondary N) is 1. The number of piperazine rings is 1. The van der Waals surface area contributed by atoms with E-state index in [1.807, 2.05) is 11.8 Å². The fourth-order valence-electron chi connectivity index (χ4n) is 3.11. The van der Waals surface area contributed by atoms with Gasteiger partial charge in [0, 0.05) is 6.04 Å². The largest absolute Gasteiger partial charge is 0.294 e. The van der Waals surface area contributed by atoms with Gasteiger partial charge in [-0.25, -0.2) is 0 Å². The van der Waals surface area contributed by atoms with Gasteiger partial charge in [-0.3, -0.25) is 19.8 Å². The maximum atomic E-state index is 11.8. The monoisotopic (exact) mass is 249 g/mol. The molecule has 2 amide bonds. The van der Waals surface area contributed by atoms with Gasteiger partial charge in [-0.15, -0.1) is 0 Å². The van der Waals surface area contributed by atoms with Gasteiger partial charge in [-0.1, -0.05) is 19.8 Å². The molecule has 0 aromatic carbocycles. The summed E-state index contributed by atoms with van der Waals surface area (Å²) in [7, 11) is 0. The summed E-state index contributed by atoms with van der Waals surface area (Å²) in [5.74, 6) is -0.505. The van der Waals surface area contributed by atoms with Gasteiger partial charge in [0.15, 0.2) is 0 Å². The number of carbonyl (C=O) groups excluding carboxylic acids is 2. The molecular formula is C13H19N3O2. The van der Waals surface area contributed by atoms with Crippen LogP contribution in [0, 0.1) is 17.2 Å². The van der Waals surface area contributed by atoms with Crippen LogP contribution in [-0.2, 0) is 9.59 Å². The van der Waals surface area contributed by atoms with Crippen LogP contribution in [0.4, 0.5) is 0 Å². The topological polar surface area (TPSA) is 73.2 Å². The summed E-state index contributed by atoms with van der Waals surface area (Å²) in [5.41, 5.74) is 0. The van der Waals surface area contributed by atoms with E-state index in [-0.39, 0.29) is 36.4 Å². The minimum atomic E-state index is -0.262. The van der Waals surface area contributed by atoms with Gasteiger partial charge < -0.3 is 0 Å². The Hall–Kier alpha value is -1.41. The lowest BCUT2D eigenvalue weighted by Crippen LogP contribution is -2.62. The zero-order valence-electron chi connectivity index (χ0n) is 10.7. The normalized spacial score (nSPS) is 33.9. The summed E-state index contributed by atoms with van der Waals surface area (Å²) in [4.78, 5) is 25.3. The molecule has 1 saturated heterocycles. The molecule has 18 heavy (non-hydrogen) atoms. The van der Waals surface area contributed by atoms with E-state index in [0.29, 0.717) is 6.42 Å². The van der Waals surface area contributed by atoms with E-state index in [0.717, 1.165) is 25.7 Å². The summed E-state index contributed by atoms with van der Waals surface area (Å²) < 4.78 is 0. The van der Waals surface area contributed by atoms with E-state index in [2.05, 4.69) is 11.4 Å². The smallest absolute Gasteiger partial charge is 0.243 e. The molecule has 5 heteroatoms. The second kappa shape index (κ2) is 5.49. The SMILES string of the molecule is CCC1C(=O)NC(=O)CN1C1CCCCC1C#N. The minimum absolute atomic E-state index is 0.0495. The van der Waals surface area contributed by atoms with E-state index >= 15 is 0 Å². The summed E-state index contributed by atoms with van der Waals surface area (Å²) in [5, 5.41) is 11.6. The highest BCUT2D eigenvalue weighted by Gasteiger charge is 2.40. The van der Waals surface area contributed by atoms with E-state index in [1.54, 1.807) is 0 Å². The average Bonchev–Trinajstić information content (AvgIpc) is 2.38. The summed E-state index contributed by atoms with van der Waals surface area (Å²) >= 11 is 0. The molecule has 2 rings (SSSR count). The molecule has 0 spiro atoms. The number of carbonyl (C=O) groups is 2. The number of amides is 2. The van der Waals surface area contributed by atoms with Crippen LogP contribution in [0.15, 0.2) is 0 Å². The average molecular weight is 249 g/mol. The maximum absolute atomic E-state index is 11.8. The Bertz CT molecular complexity index is 388. The van der Waals surface area contributed by atoms with E-state index < -0.39 is 0 Å². The molecular weight excluding hydrogens is 230 g/mol. The van der Waals surface area contributed by atoms with Gasteiger partial charge in [0.2, 0.25) is 11.8 Å². The van der Waals surface area contributed by atoms with Crippen molar-refractivity contribution in [1.82, 2.24) is 10.2 Å². The second-order valence-corrected chi connectivity index (χ2v) is 5.10. The van der Waals surface area contributed by atoms with Crippen LogP contribution in [-0.4, -0.2) is 35.3 Å². The van der Waals surface area contributed by atoms with Gasteiger partial charge in [-0.05, 0) is 19.3 Å². The third-order valence-corrected chi connectivity index (χ3v) is 4.00. The Kier molecular flexibility index (Phi) is 3.97. The van der Waals surface area contributed by atoms with Crippen LogP contribution in [0.5, 0.6) is 0 Å². The van der Waals surface area contributed by atoms with Crippen LogP contribution in [0.2, 0.25) is 0 Å². The van der Waals surface area contributed by atoms with Crippen molar-refractivity contribution in [1.29, 1.82) is 5.26 Å². The number of imide groups is 1. The van der Waals surface area contributed by atoms with Crippen molar-refractivity contribution in [2.45, 2.75) is 51.1 Å². The standard InChI is InChI=1S/C13H19N3O2/c1-2-10-13(18)15-12(17)8-16(10)11-6-4-3-5-9(11)7-14/h9-11H,2-6,8H2,1H3,(H,15,17,18). The van der Waals surface area contributed by atoms with Crippen LogP contribution in [0.3, 0.4) is 0 Å². The van der Waals surface area contributed by atoms with Crippen molar-refractivity contribution in [2.75, 3.05) is 6.54 Å². The molecule has 0 radical (unpaired) electrons. The Morgan fingerprint density at radius 3 is 2.78 bits per heavy atom. The maximum Gasteiger partial charge on any atom is 0.243 e. The number of rotatable bonds is 2. The first-order valence-electron chi connectivity index (χ1n) is 6.66. The van der Waals surface area contributed by atoms with Gasteiger partial charge in [-0.2, -0.15) is 5.26 Å². The molecule has 1 heterocycles. The first-order chi connectivity index (χ1) is 8.67. The molecule has 1 aliphatic heterocycles. The fourth-order valence-corrected chi connectivity index (χ4v) is 3.11. The number of hydrogen-bond acceptors (Lipinski definition) is 4. The van der Waals surface area contributed by atoms with Crippen LogP contribution < -0.4 is 5.32 Å². The van der Waals surface area contributed by atoms with Crippen molar-refractivity contribution >= 4 is 11.8 Å². The Labute approximate surface area is 107 Å². The van der Waals surface area contributed by atoms with Gasteiger partial charge in [0.05, 0.1) is 24.6 Å². The molecule has 5 nitrogen and oxygen atoms in total. The molecule has 3 atom stereocenters. The number of hydrogen-bond donors (Lipinski definition) is 1.